The molecule has 1 aliphatic heterocycles. The number of methoxy groups -OCH3 is 1. The van der Waals surface area contributed by atoms with Gasteiger partial charge in [0.25, 0.3) is 0 Å². The molecule has 0 aromatic heterocycles. The van der Waals surface area contributed by atoms with E-state index in [0.29, 0.717) is 30.2 Å². The molecule has 5 nitrogen and oxygen atoms in total. The fraction of sp³-hybridized carbons (Fsp3) is 0.381. The number of ether oxygens (including phenoxy) is 1. The zero-order valence-electron chi connectivity index (χ0n) is 16.4. The molecule has 162 valence electrons. The first-order chi connectivity index (χ1) is 14.4. The third kappa shape index (κ3) is 5.58. The minimum Gasteiger partial charge on any atom is -0.497 e. The van der Waals surface area contributed by atoms with Crippen molar-refractivity contribution in [1.29, 1.82) is 0 Å². The van der Waals surface area contributed by atoms with E-state index in [2.05, 4.69) is 16.0 Å². The van der Waals surface area contributed by atoms with Crippen LogP contribution in [0.1, 0.15) is 24.6 Å². The lowest BCUT2D eigenvalue weighted by Gasteiger charge is -2.33. The highest BCUT2D eigenvalue weighted by Gasteiger charge is 2.31. The number of carbonyl (C=O) groups excluding carboxylic acids is 1. The van der Waals surface area contributed by atoms with Gasteiger partial charge in [-0.1, -0.05) is 11.6 Å². The Hall–Kier alpha value is -2.45. The van der Waals surface area contributed by atoms with Crippen molar-refractivity contribution in [3.8, 4) is 5.75 Å². The Balaban J connectivity index is 1.65. The molecular weight excluding hydrogens is 419 g/mol. The maximum absolute atomic E-state index is 14.9. The molecule has 1 aliphatic rings. The third-order valence-electron chi connectivity index (χ3n) is 5.14. The highest BCUT2D eigenvalue weighted by Crippen LogP contribution is 2.34. The monoisotopic (exact) mass is 441 g/mol. The molecular formula is C21H23ClF3N3O2. The number of halogens is 4. The number of urea groups is 1. The van der Waals surface area contributed by atoms with E-state index in [1.165, 1.54) is 7.11 Å². The fourth-order valence-corrected chi connectivity index (χ4v) is 3.72. The SMILES string of the molecule is COc1cc(F)c([C@H](F)CC2CNCCC2NC(=O)Nc2ccc(Cl)cc2)c(F)c1. The summed E-state index contributed by atoms with van der Waals surface area (Å²) in [4.78, 5) is 12.3. The van der Waals surface area contributed by atoms with Crippen LogP contribution < -0.4 is 20.7 Å². The van der Waals surface area contributed by atoms with Crippen LogP contribution in [-0.4, -0.2) is 32.3 Å². The summed E-state index contributed by atoms with van der Waals surface area (Å²) in [5, 5.41) is 9.22. The van der Waals surface area contributed by atoms with Crippen molar-refractivity contribution < 1.29 is 22.7 Å². The van der Waals surface area contributed by atoms with E-state index in [0.717, 1.165) is 12.1 Å². The summed E-state index contributed by atoms with van der Waals surface area (Å²) in [5.41, 5.74) is -0.0566. The summed E-state index contributed by atoms with van der Waals surface area (Å²) >= 11 is 5.83. The van der Waals surface area contributed by atoms with Gasteiger partial charge in [-0.25, -0.2) is 18.0 Å². The number of benzene rings is 2. The van der Waals surface area contributed by atoms with Gasteiger partial charge in [0, 0.05) is 35.4 Å². The summed E-state index contributed by atoms with van der Waals surface area (Å²) in [6, 6.07) is 7.75. The predicted molar refractivity (Wildman–Crippen MR) is 110 cm³/mol. The van der Waals surface area contributed by atoms with Crippen molar-refractivity contribution >= 4 is 23.3 Å². The van der Waals surface area contributed by atoms with Crippen LogP contribution in [0.2, 0.25) is 5.02 Å². The average molecular weight is 442 g/mol. The van der Waals surface area contributed by atoms with E-state index in [1.807, 2.05) is 0 Å². The lowest BCUT2D eigenvalue weighted by molar-refractivity contribution is 0.192. The van der Waals surface area contributed by atoms with Crippen molar-refractivity contribution in [3.05, 3.63) is 58.6 Å². The van der Waals surface area contributed by atoms with Crippen LogP contribution in [0.25, 0.3) is 0 Å². The summed E-state index contributed by atoms with van der Waals surface area (Å²) in [7, 11) is 1.28. The van der Waals surface area contributed by atoms with E-state index in [9.17, 15) is 18.0 Å². The number of hydrogen-bond donors (Lipinski definition) is 3. The van der Waals surface area contributed by atoms with Gasteiger partial charge in [-0.3, -0.25) is 0 Å². The van der Waals surface area contributed by atoms with Crippen LogP contribution in [0.5, 0.6) is 5.75 Å². The van der Waals surface area contributed by atoms with E-state index in [-0.39, 0.29) is 24.1 Å². The maximum atomic E-state index is 14.9. The summed E-state index contributed by atoms with van der Waals surface area (Å²) in [6.07, 6.45) is -1.43. The molecule has 3 N–H and O–H groups in total. The van der Waals surface area contributed by atoms with Crippen molar-refractivity contribution in [2.75, 3.05) is 25.5 Å². The first-order valence-corrected chi connectivity index (χ1v) is 9.96. The highest BCUT2D eigenvalue weighted by atomic mass is 35.5. The molecule has 3 rings (SSSR count). The molecule has 2 unspecified atom stereocenters. The molecule has 1 heterocycles. The van der Waals surface area contributed by atoms with Crippen LogP contribution in [0.4, 0.5) is 23.7 Å². The zero-order valence-corrected chi connectivity index (χ0v) is 17.1. The van der Waals surface area contributed by atoms with E-state index in [1.54, 1.807) is 24.3 Å². The van der Waals surface area contributed by atoms with E-state index in [4.69, 9.17) is 16.3 Å². The fourth-order valence-electron chi connectivity index (χ4n) is 3.59. The number of alkyl halides is 1. The Morgan fingerprint density at radius 1 is 1.27 bits per heavy atom. The second-order valence-corrected chi connectivity index (χ2v) is 7.61. The molecule has 1 fully saturated rings. The van der Waals surface area contributed by atoms with Crippen molar-refractivity contribution in [2.45, 2.75) is 25.1 Å². The minimum atomic E-state index is -1.86. The molecule has 0 saturated carbocycles. The Labute approximate surface area is 177 Å². The van der Waals surface area contributed by atoms with Gasteiger partial charge in [-0.05, 0) is 49.6 Å². The molecule has 2 aromatic rings. The van der Waals surface area contributed by atoms with Gasteiger partial charge in [0.15, 0.2) is 0 Å². The summed E-state index contributed by atoms with van der Waals surface area (Å²) in [5.74, 6) is -2.34. The topological polar surface area (TPSA) is 62.4 Å². The Morgan fingerprint density at radius 3 is 2.57 bits per heavy atom. The van der Waals surface area contributed by atoms with E-state index >= 15 is 0 Å². The number of piperidine rings is 1. The minimum absolute atomic E-state index is 0.0151. The average Bonchev–Trinajstić information content (AvgIpc) is 2.70. The molecule has 2 amide bonds. The molecule has 0 aliphatic carbocycles. The normalized spacial score (nSPS) is 19.8. The van der Waals surface area contributed by atoms with Gasteiger partial charge < -0.3 is 20.7 Å². The lowest BCUT2D eigenvalue weighted by Crippen LogP contribution is -2.50. The second kappa shape index (κ2) is 10.0. The van der Waals surface area contributed by atoms with Gasteiger partial charge in [-0.2, -0.15) is 0 Å². The van der Waals surface area contributed by atoms with Gasteiger partial charge in [-0.15, -0.1) is 0 Å². The quantitative estimate of drug-likeness (QED) is 0.602. The van der Waals surface area contributed by atoms with Crippen LogP contribution in [-0.2, 0) is 0 Å². The standard InChI is InChI=1S/C21H23ClF3N3O2/c1-30-15-9-17(24)20(18(25)10-15)16(23)8-12-11-26-7-6-19(12)28-21(29)27-14-4-2-13(22)3-5-14/h2-5,9-10,12,16,19,26H,6-8,11H2,1H3,(H2,27,28,29)/t12?,16-,19?/m1/s1. The largest absolute Gasteiger partial charge is 0.497 e. The van der Waals surface area contributed by atoms with Crippen LogP contribution in [0, 0.1) is 17.6 Å². The number of rotatable bonds is 6. The molecule has 0 spiro atoms. The van der Waals surface area contributed by atoms with Crippen LogP contribution in [0.15, 0.2) is 36.4 Å². The van der Waals surface area contributed by atoms with Crippen molar-refractivity contribution in [2.24, 2.45) is 5.92 Å². The molecule has 0 bridgehead atoms. The number of anilines is 1. The number of hydrogen-bond acceptors (Lipinski definition) is 3. The molecule has 30 heavy (non-hydrogen) atoms. The predicted octanol–water partition coefficient (Wildman–Crippen LogP) is 4.83. The van der Waals surface area contributed by atoms with Crippen molar-refractivity contribution in [1.82, 2.24) is 10.6 Å². The first-order valence-electron chi connectivity index (χ1n) is 9.58. The maximum Gasteiger partial charge on any atom is 0.319 e. The van der Waals surface area contributed by atoms with Crippen molar-refractivity contribution in [3.63, 3.8) is 0 Å². The zero-order chi connectivity index (χ0) is 21.7. The Bertz CT molecular complexity index is 859. The highest BCUT2D eigenvalue weighted by molar-refractivity contribution is 6.30. The third-order valence-corrected chi connectivity index (χ3v) is 5.39. The smallest absolute Gasteiger partial charge is 0.319 e. The van der Waals surface area contributed by atoms with Crippen LogP contribution in [0.3, 0.4) is 0 Å². The lowest BCUT2D eigenvalue weighted by atomic mass is 9.87. The molecule has 0 radical (unpaired) electrons. The molecule has 9 heteroatoms. The molecule has 1 saturated heterocycles. The van der Waals surface area contributed by atoms with Gasteiger partial charge in [0.05, 0.1) is 12.7 Å². The van der Waals surface area contributed by atoms with Gasteiger partial charge in [0.2, 0.25) is 0 Å². The summed E-state index contributed by atoms with van der Waals surface area (Å²) < 4.78 is 48.1. The number of nitrogens with one attached hydrogen (secondary N) is 3. The van der Waals surface area contributed by atoms with Gasteiger partial charge >= 0.3 is 6.03 Å². The van der Waals surface area contributed by atoms with Crippen LogP contribution >= 0.6 is 11.6 Å². The Morgan fingerprint density at radius 2 is 1.93 bits per heavy atom. The number of amides is 2. The summed E-state index contributed by atoms with van der Waals surface area (Å²) in [6.45, 7) is 1.07. The molecule has 3 atom stereocenters. The van der Waals surface area contributed by atoms with E-state index < -0.39 is 29.4 Å². The Kier molecular flexibility index (Phi) is 7.44. The van der Waals surface area contributed by atoms with Gasteiger partial charge in [0.1, 0.15) is 23.6 Å². The number of carbonyl (C=O) groups is 1. The first kappa shape index (κ1) is 22.2. The second-order valence-electron chi connectivity index (χ2n) is 7.17. The molecule has 2 aromatic carbocycles.